The van der Waals surface area contributed by atoms with Gasteiger partial charge in [-0.15, -0.1) is 0 Å². The molecule has 0 saturated heterocycles. The summed E-state index contributed by atoms with van der Waals surface area (Å²) in [6, 6.07) is 0. The van der Waals surface area contributed by atoms with Crippen molar-refractivity contribution in [2.45, 2.75) is 60.3 Å². The van der Waals surface area contributed by atoms with Crippen molar-refractivity contribution in [3.63, 3.8) is 0 Å². The van der Waals surface area contributed by atoms with Gasteiger partial charge in [-0.05, 0) is 32.6 Å². The zero-order valence-corrected chi connectivity index (χ0v) is 16.0. The third kappa shape index (κ3) is 4.57. The highest BCUT2D eigenvalue weighted by Crippen LogP contribution is 2.52. The molecule has 4 heteroatoms. The average molecular weight is 324 g/mol. The SMILES string of the molecule is CC.COc1c(O)c(C)c(C(C)(C)CC=C(C)C)c(O)c1OC. The zero-order valence-electron chi connectivity index (χ0n) is 16.0. The van der Waals surface area contributed by atoms with Crippen LogP contribution in [0.2, 0.25) is 0 Å². The highest BCUT2D eigenvalue weighted by molar-refractivity contribution is 5.67. The normalized spacial score (nSPS) is 10.5. The lowest BCUT2D eigenvalue weighted by atomic mass is 9.77. The highest BCUT2D eigenvalue weighted by atomic mass is 16.5. The fourth-order valence-corrected chi connectivity index (χ4v) is 2.56. The lowest BCUT2D eigenvalue weighted by Crippen LogP contribution is -2.18. The van der Waals surface area contributed by atoms with E-state index in [0.29, 0.717) is 11.1 Å². The molecule has 2 N–H and O–H groups in total. The van der Waals surface area contributed by atoms with Crippen LogP contribution in [0.15, 0.2) is 11.6 Å². The van der Waals surface area contributed by atoms with Gasteiger partial charge in [0, 0.05) is 11.1 Å². The van der Waals surface area contributed by atoms with E-state index in [0.717, 1.165) is 6.42 Å². The van der Waals surface area contributed by atoms with Crippen molar-refractivity contribution in [3.05, 3.63) is 22.8 Å². The lowest BCUT2D eigenvalue weighted by molar-refractivity contribution is 0.309. The Morgan fingerprint density at radius 3 is 1.83 bits per heavy atom. The van der Waals surface area contributed by atoms with Crippen LogP contribution >= 0.6 is 0 Å². The Labute approximate surface area is 140 Å². The number of hydrogen-bond donors (Lipinski definition) is 2. The van der Waals surface area contributed by atoms with E-state index < -0.39 is 0 Å². The molecule has 0 amide bonds. The van der Waals surface area contributed by atoms with Crippen LogP contribution in [0.1, 0.15) is 59.1 Å². The molecule has 0 aliphatic heterocycles. The molecule has 132 valence electrons. The van der Waals surface area contributed by atoms with E-state index in [4.69, 9.17) is 9.47 Å². The summed E-state index contributed by atoms with van der Waals surface area (Å²) in [4.78, 5) is 0. The summed E-state index contributed by atoms with van der Waals surface area (Å²) in [6.45, 7) is 13.9. The molecule has 0 saturated carbocycles. The van der Waals surface area contributed by atoms with E-state index in [2.05, 4.69) is 6.08 Å². The number of rotatable bonds is 5. The van der Waals surface area contributed by atoms with E-state index in [1.54, 1.807) is 6.92 Å². The molecule has 23 heavy (non-hydrogen) atoms. The van der Waals surface area contributed by atoms with Crippen LogP contribution in [0.25, 0.3) is 0 Å². The van der Waals surface area contributed by atoms with Crippen LogP contribution in [0, 0.1) is 6.92 Å². The quantitative estimate of drug-likeness (QED) is 0.585. The number of allylic oxidation sites excluding steroid dienone is 2. The van der Waals surface area contributed by atoms with E-state index in [1.807, 2.05) is 41.5 Å². The monoisotopic (exact) mass is 324 g/mol. The standard InChI is InChI=1S/C17H26O4.C2H6/c1-10(2)8-9-17(4,5)12-11(3)13(18)15(20-6)16(21-7)14(12)19;1-2/h8,18-19H,9H2,1-7H3;1-2H3. The minimum atomic E-state index is -0.345. The first-order valence-electron chi connectivity index (χ1n) is 7.97. The molecule has 0 radical (unpaired) electrons. The summed E-state index contributed by atoms with van der Waals surface area (Å²) in [5.74, 6) is 0.361. The fourth-order valence-electron chi connectivity index (χ4n) is 2.56. The molecule has 0 atom stereocenters. The lowest BCUT2D eigenvalue weighted by Gasteiger charge is -2.29. The molecule has 1 rings (SSSR count). The van der Waals surface area contributed by atoms with Gasteiger partial charge in [-0.25, -0.2) is 0 Å². The molecule has 0 aliphatic carbocycles. The fraction of sp³-hybridized carbons (Fsp3) is 0.579. The van der Waals surface area contributed by atoms with Gasteiger partial charge < -0.3 is 19.7 Å². The van der Waals surface area contributed by atoms with Gasteiger partial charge in [-0.3, -0.25) is 0 Å². The van der Waals surface area contributed by atoms with Crippen molar-refractivity contribution in [2.75, 3.05) is 14.2 Å². The number of benzene rings is 1. The summed E-state index contributed by atoms with van der Waals surface area (Å²) < 4.78 is 10.4. The van der Waals surface area contributed by atoms with Crippen molar-refractivity contribution in [1.82, 2.24) is 0 Å². The Bertz CT molecular complexity index is 553. The number of hydrogen-bond acceptors (Lipinski definition) is 4. The van der Waals surface area contributed by atoms with Gasteiger partial charge in [0.15, 0.2) is 11.5 Å². The predicted molar refractivity (Wildman–Crippen MR) is 96.0 cm³/mol. The van der Waals surface area contributed by atoms with Crippen molar-refractivity contribution >= 4 is 0 Å². The third-order valence-corrected chi connectivity index (χ3v) is 3.71. The van der Waals surface area contributed by atoms with Crippen molar-refractivity contribution in [1.29, 1.82) is 0 Å². The minimum absolute atomic E-state index is 0.00688. The van der Waals surface area contributed by atoms with E-state index in [1.165, 1.54) is 19.8 Å². The molecule has 0 bridgehead atoms. The second-order valence-electron chi connectivity index (χ2n) is 6.13. The topological polar surface area (TPSA) is 58.9 Å². The van der Waals surface area contributed by atoms with Crippen LogP contribution in [0.3, 0.4) is 0 Å². The molecule has 0 spiro atoms. The first-order valence-corrected chi connectivity index (χ1v) is 7.97. The van der Waals surface area contributed by atoms with Gasteiger partial charge >= 0.3 is 0 Å². The predicted octanol–water partition coefficient (Wildman–Crippen LogP) is 5.08. The van der Waals surface area contributed by atoms with Crippen LogP contribution in [0.5, 0.6) is 23.0 Å². The van der Waals surface area contributed by atoms with E-state index in [-0.39, 0.29) is 28.4 Å². The van der Waals surface area contributed by atoms with Crippen molar-refractivity contribution < 1.29 is 19.7 Å². The van der Waals surface area contributed by atoms with Gasteiger partial charge in [-0.1, -0.05) is 39.3 Å². The summed E-state index contributed by atoms with van der Waals surface area (Å²) in [5.41, 5.74) is 2.15. The Balaban J connectivity index is 0.00000232. The molecule has 0 aliphatic rings. The smallest absolute Gasteiger partial charge is 0.207 e. The maximum absolute atomic E-state index is 10.6. The van der Waals surface area contributed by atoms with Gasteiger partial charge in [0.05, 0.1) is 14.2 Å². The molecule has 0 fully saturated rings. The molecule has 1 aromatic rings. The second kappa shape index (κ2) is 8.70. The molecular weight excluding hydrogens is 292 g/mol. The van der Waals surface area contributed by atoms with Gasteiger partial charge in [0.1, 0.15) is 0 Å². The van der Waals surface area contributed by atoms with Gasteiger partial charge in [-0.2, -0.15) is 0 Å². The number of aromatic hydroxyl groups is 2. The molecule has 4 nitrogen and oxygen atoms in total. The summed E-state index contributed by atoms with van der Waals surface area (Å²) >= 11 is 0. The second-order valence-corrected chi connectivity index (χ2v) is 6.13. The van der Waals surface area contributed by atoms with Crippen molar-refractivity contribution in [2.24, 2.45) is 0 Å². The average Bonchev–Trinajstić information content (AvgIpc) is 2.50. The van der Waals surface area contributed by atoms with Gasteiger partial charge in [0.25, 0.3) is 0 Å². The number of ether oxygens (including phenoxy) is 2. The Morgan fingerprint density at radius 2 is 1.43 bits per heavy atom. The zero-order chi connectivity index (χ0) is 18.4. The molecule has 1 aromatic carbocycles. The summed E-state index contributed by atoms with van der Waals surface area (Å²) in [5, 5.41) is 20.9. The Morgan fingerprint density at radius 1 is 1.00 bits per heavy atom. The van der Waals surface area contributed by atoms with Crippen molar-refractivity contribution in [3.8, 4) is 23.0 Å². The first-order chi connectivity index (χ1) is 10.7. The number of phenolic OH excluding ortho intramolecular Hbond substituents is 2. The Kier molecular flexibility index (Phi) is 8.01. The molecule has 0 heterocycles. The Hall–Kier alpha value is -1.84. The van der Waals surface area contributed by atoms with E-state index in [9.17, 15) is 10.2 Å². The van der Waals surface area contributed by atoms with Gasteiger partial charge in [0.2, 0.25) is 11.5 Å². The largest absolute Gasteiger partial charge is 0.504 e. The molecular formula is C19H32O4. The number of phenols is 2. The summed E-state index contributed by atoms with van der Waals surface area (Å²) in [6.07, 6.45) is 2.87. The molecule has 0 unspecified atom stereocenters. The summed E-state index contributed by atoms with van der Waals surface area (Å²) in [7, 11) is 2.88. The maximum atomic E-state index is 10.6. The minimum Gasteiger partial charge on any atom is -0.504 e. The molecule has 0 aromatic heterocycles. The third-order valence-electron chi connectivity index (χ3n) is 3.71. The van der Waals surface area contributed by atoms with Crippen LogP contribution in [-0.2, 0) is 5.41 Å². The van der Waals surface area contributed by atoms with Crippen LogP contribution < -0.4 is 9.47 Å². The number of methoxy groups -OCH3 is 2. The first kappa shape index (κ1) is 21.2. The van der Waals surface area contributed by atoms with Crippen LogP contribution in [0.4, 0.5) is 0 Å². The van der Waals surface area contributed by atoms with E-state index >= 15 is 0 Å². The highest BCUT2D eigenvalue weighted by Gasteiger charge is 2.32. The van der Waals surface area contributed by atoms with Crippen LogP contribution in [-0.4, -0.2) is 24.4 Å². The maximum Gasteiger partial charge on any atom is 0.207 e.